The molecule has 0 fully saturated rings. The maximum Gasteiger partial charge on any atom is 0.341 e. The Hall–Kier alpha value is -3.41. The van der Waals surface area contributed by atoms with Crippen LogP contribution in [0.15, 0.2) is 52.8 Å². The molecule has 0 bridgehead atoms. The highest BCUT2D eigenvalue weighted by Crippen LogP contribution is 2.37. The summed E-state index contributed by atoms with van der Waals surface area (Å²) in [7, 11) is 2.91. The minimum atomic E-state index is -0.521. The number of amides is 1. The molecule has 0 radical (unpaired) electrons. The fourth-order valence-electron chi connectivity index (χ4n) is 3.65. The fraction of sp³-hybridized carbons (Fsp3) is 0.231. The summed E-state index contributed by atoms with van der Waals surface area (Å²) in [6.45, 7) is 8.51. The third-order valence-corrected chi connectivity index (χ3v) is 8.60. The number of carbonyl (C=O) groups excluding carboxylic acids is 2. The summed E-state index contributed by atoms with van der Waals surface area (Å²) in [5.74, 6) is 0.760. The molecule has 1 aromatic carbocycles. The number of methoxy groups -OCH3 is 2. The van der Waals surface area contributed by atoms with Gasteiger partial charge in [-0.3, -0.25) is 9.36 Å². The summed E-state index contributed by atoms with van der Waals surface area (Å²) in [4.78, 5) is 26.8. The van der Waals surface area contributed by atoms with Gasteiger partial charge in [0.05, 0.1) is 20.0 Å². The number of rotatable bonds is 10. The summed E-state index contributed by atoms with van der Waals surface area (Å²) < 4.78 is 12.2. The Balaban J connectivity index is 1.52. The number of aromatic nitrogens is 3. The molecule has 8 nitrogen and oxygen atoms in total. The maximum absolute atomic E-state index is 12.9. The van der Waals surface area contributed by atoms with Gasteiger partial charge in [-0.1, -0.05) is 30.0 Å². The molecule has 0 saturated heterocycles. The lowest BCUT2D eigenvalue weighted by Gasteiger charge is -2.09. The first-order chi connectivity index (χ1) is 17.9. The van der Waals surface area contributed by atoms with Gasteiger partial charge in [0, 0.05) is 33.3 Å². The summed E-state index contributed by atoms with van der Waals surface area (Å²) in [6, 6.07) is 7.34. The van der Waals surface area contributed by atoms with Crippen LogP contribution in [0.1, 0.15) is 20.8 Å². The van der Waals surface area contributed by atoms with E-state index in [2.05, 4.69) is 41.3 Å². The number of thiophene rings is 2. The van der Waals surface area contributed by atoms with Crippen molar-refractivity contribution in [2.24, 2.45) is 0 Å². The Morgan fingerprint density at radius 2 is 1.84 bits per heavy atom. The van der Waals surface area contributed by atoms with Crippen molar-refractivity contribution in [2.45, 2.75) is 25.5 Å². The second-order valence-corrected chi connectivity index (χ2v) is 10.9. The minimum absolute atomic E-state index is 0.0906. The monoisotopic (exact) mass is 554 g/mol. The van der Waals surface area contributed by atoms with Crippen LogP contribution in [-0.2, 0) is 16.1 Å². The normalized spacial score (nSPS) is 10.8. The van der Waals surface area contributed by atoms with Gasteiger partial charge >= 0.3 is 5.97 Å². The Labute approximate surface area is 227 Å². The molecule has 3 heterocycles. The van der Waals surface area contributed by atoms with Crippen LogP contribution in [0.4, 0.5) is 5.00 Å². The second kappa shape index (κ2) is 11.8. The van der Waals surface area contributed by atoms with E-state index in [1.54, 1.807) is 24.5 Å². The van der Waals surface area contributed by atoms with Crippen molar-refractivity contribution < 1.29 is 19.1 Å². The Bertz CT molecular complexity index is 1440. The lowest BCUT2D eigenvalue weighted by molar-refractivity contribution is -0.113. The Morgan fingerprint density at radius 1 is 1.11 bits per heavy atom. The number of aryl methyl sites for hydroxylation is 1. The summed E-state index contributed by atoms with van der Waals surface area (Å²) in [5, 5.41) is 16.5. The zero-order valence-electron chi connectivity index (χ0n) is 20.9. The first kappa shape index (κ1) is 26.6. The topological polar surface area (TPSA) is 95.3 Å². The quantitative estimate of drug-likeness (QED) is 0.145. The highest BCUT2D eigenvalue weighted by Gasteiger charge is 2.23. The highest BCUT2D eigenvalue weighted by molar-refractivity contribution is 7.99. The predicted molar refractivity (Wildman–Crippen MR) is 150 cm³/mol. The molecule has 0 spiro atoms. The zero-order chi connectivity index (χ0) is 26.5. The average Bonchev–Trinajstić information content (AvgIpc) is 3.60. The van der Waals surface area contributed by atoms with Gasteiger partial charge in [0.15, 0.2) is 11.0 Å². The van der Waals surface area contributed by atoms with Crippen LogP contribution >= 0.6 is 34.4 Å². The molecule has 0 aliphatic heterocycles. The van der Waals surface area contributed by atoms with Crippen molar-refractivity contribution in [3.05, 3.63) is 63.7 Å². The Morgan fingerprint density at radius 3 is 2.46 bits per heavy atom. The number of nitrogens with zero attached hydrogens (tertiary/aromatic N) is 3. The van der Waals surface area contributed by atoms with E-state index in [9.17, 15) is 9.59 Å². The predicted octanol–water partition coefficient (Wildman–Crippen LogP) is 6.06. The number of thioether (sulfide) groups is 1. The number of benzene rings is 1. The van der Waals surface area contributed by atoms with Crippen LogP contribution in [-0.4, -0.2) is 46.6 Å². The van der Waals surface area contributed by atoms with Crippen LogP contribution in [0.3, 0.4) is 0 Å². The van der Waals surface area contributed by atoms with Gasteiger partial charge in [-0.2, -0.15) is 0 Å². The van der Waals surface area contributed by atoms with Crippen molar-refractivity contribution >= 4 is 51.3 Å². The number of hydrogen-bond donors (Lipinski definition) is 1. The molecule has 0 aliphatic carbocycles. The molecule has 37 heavy (non-hydrogen) atoms. The van der Waals surface area contributed by atoms with Crippen molar-refractivity contribution in [3.8, 4) is 28.3 Å². The number of hydrogen-bond acceptors (Lipinski definition) is 9. The third kappa shape index (κ3) is 5.63. The molecule has 3 aromatic heterocycles. The van der Waals surface area contributed by atoms with Crippen molar-refractivity contribution in [3.63, 3.8) is 0 Å². The van der Waals surface area contributed by atoms with Gasteiger partial charge in [0.1, 0.15) is 16.3 Å². The molecule has 4 aromatic rings. The number of carbonyl (C=O) groups is 2. The molecule has 11 heteroatoms. The fourth-order valence-corrected chi connectivity index (χ4v) is 6.24. The van der Waals surface area contributed by atoms with E-state index >= 15 is 0 Å². The first-order valence-electron chi connectivity index (χ1n) is 11.2. The third-order valence-electron chi connectivity index (χ3n) is 5.72. The number of anilines is 1. The van der Waals surface area contributed by atoms with Crippen LogP contribution < -0.4 is 10.1 Å². The van der Waals surface area contributed by atoms with Gasteiger partial charge < -0.3 is 14.8 Å². The lowest BCUT2D eigenvalue weighted by atomic mass is 10.0. The summed E-state index contributed by atoms with van der Waals surface area (Å²) >= 11 is 4.22. The van der Waals surface area contributed by atoms with Gasteiger partial charge in [-0.25, -0.2) is 4.79 Å². The van der Waals surface area contributed by atoms with Crippen LogP contribution in [0.25, 0.3) is 22.5 Å². The van der Waals surface area contributed by atoms with E-state index in [4.69, 9.17) is 9.47 Å². The number of ether oxygens (including phenoxy) is 2. The van der Waals surface area contributed by atoms with Crippen molar-refractivity contribution in [1.29, 1.82) is 0 Å². The molecule has 4 rings (SSSR count). The lowest BCUT2D eigenvalue weighted by Crippen LogP contribution is -2.16. The second-order valence-electron chi connectivity index (χ2n) is 7.95. The van der Waals surface area contributed by atoms with E-state index < -0.39 is 5.97 Å². The van der Waals surface area contributed by atoms with E-state index in [1.807, 2.05) is 34.2 Å². The molecule has 192 valence electrons. The highest BCUT2D eigenvalue weighted by atomic mass is 32.2. The largest absolute Gasteiger partial charge is 0.497 e. The number of esters is 1. The van der Waals surface area contributed by atoms with Crippen molar-refractivity contribution in [2.75, 3.05) is 25.3 Å². The van der Waals surface area contributed by atoms with E-state index in [0.717, 1.165) is 22.5 Å². The van der Waals surface area contributed by atoms with Gasteiger partial charge in [-0.05, 0) is 37.1 Å². The molecule has 1 N–H and O–H groups in total. The molecule has 0 aliphatic rings. The van der Waals surface area contributed by atoms with Gasteiger partial charge in [0.25, 0.3) is 0 Å². The van der Waals surface area contributed by atoms with E-state index in [1.165, 1.54) is 35.1 Å². The summed E-state index contributed by atoms with van der Waals surface area (Å²) in [6.07, 6.45) is 1.78. The number of nitrogens with one attached hydrogen (secondary N) is 1. The molecular formula is C26H26N4O4S3. The smallest absolute Gasteiger partial charge is 0.341 e. The Kier molecular flexibility index (Phi) is 8.47. The van der Waals surface area contributed by atoms with Crippen molar-refractivity contribution in [1.82, 2.24) is 14.8 Å². The average molecular weight is 555 g/mol. The van der Waals surface area contributed by atoms with Crippen LogP contribution in [0, 0.1) is 13.8 Å². The van der Waals surface area contributed by atoms with Crippen LogP contribution in [0.5, 0.6) is 5.75 Å². The maximum atomic E-state index is 12.9. The summed E-state index contributed by atoms with van der Waals surface area (Å²) in [5.41, 5.74) is 4.00. The molecule has 0 saturated carbocycles. The molecule has 1 amide bonds. The van der Waals surface area contributed by atoms with E-state index in [-0.39, 0.29) is 11.7 Å². The molecule has 0 atom stereocenters. The van der Waals surface area contributed by atoms with E-state index in [0.29, 0.717) is 33.6 Å². The number of allylic oxidation sites excluding steroid dienone is 1. The SMILES string of the molecule is C=CCn1c(SCC(=O)Nc2scc(-c3ccc(OC)cc3)c2C(=O)OC)nnc1-c1csc(C)c1C. The molecule has 0 unspecified atom stereocenters. The standard InChI is InChI=1S/C26H26N4O4S3/c1-6-11-30-23(19-12-35-16(3)15(19)2)28-29-26(30)37-14-21(31)27-24-22(25(32)34-5)20(13-36-24)17-7-9-18(33-4)10-8-17/h6-10,12-13H,1,11,14H2,2-5H3,(H,27,31). The minimum Gasteiger partial charge on any atom is -0.497 e. The molecular weight excluding hydrogens is 529 g/mol. The van der Waals surface area contributed by atoms with Gasteiger partial charge in [-0.15, -0.1) is 39.4 Å². The van der Waals surface area contributed by atoms with Crippen LogP contribution in [0.2, 0.25) is 0 Å². The van der Waals surface area contributed by atoms with Gasteiger partial charge in [0.2, 0.25) is 5.91 Å². The first-order valence-corrected chi connectivity index (χ1v) is 14.0. The zero-order valence-corrected chi connectivity index (χ0v) is 23.3.